The van der Waals surface area contributed by atoms with Gasteiger partial charge in [-0.05, 0) is 11.1 Å². The van der Waals surface area contributed by atoms with Gasteiger partial charge in [-0.2, -0.15) is 5.10 Å². The molecule has 0 unspecified atom stereocenters. The minimum absolute atomic E-state index is 0.445. The Morgan fingerprint density at radius 3 is 2.05 bits per heavy atom. The van der Waals surface area contributed by atoms with Gasteiger partial charge in [0.25, 0.3) is 0 Å². The van der Waals surface area contributed by atoms with Crippen molar-refractivity contribution in [1.82, 2.24) is 14.8 Å². The van der Waals surface area contributed by atoms with Crippen molar-refractivity contribution in [2.45, 2.75) is 12.0 Å². The Hall–Kier alpha value is -2.72. The van der Waals surface area contributed by atoms with Crippen LogP contribution in [0.4, 0.5) is 0 Å². The molecule has 110 valence electrons. The van der Waals surface area contributed by atoms with Crippen LogP contribution >= 0.6 is 0 Å². The van der Waals surface area contributed by atoms with Crippen molar-refractivity contribution in [1.29, 1.82) is 0 Å². The summed E-state index contributed by atoms with van der Waals surface area (Å²) in [7, 11) is 0. The number of nitrogens with zero attached hydrogens (tertiary/aromatic N) is 3. The average Bonchev–Trinajstić information content (AvgIpc) is 3.10. The summed E-state index contributed by atoms with van der Waals surface area (Å²) in [5.41, 5.74) is 0.661. The first-order valence-electron chi connectivity index (χ1n) is 7.13. The third-order valence-corrected chi connectivity index (χ3v) is 3.61. The first kappa shape index (κ1) is 14.2. The van der Waals surface area contributed by atoms with Crippen LogP contribution in [-0.4, -0.2) is 19.9 Å². The summed E-state index contributed by atoms with van der Waals surface area (Å²) in [6.07, 6.45) is 7.23. The molecule has 0 saturated carbocycles. The topological polar surface area (TPSA) is 50.9 Å². The van der Waals surface area contributed by atoms with Gasteiger partial charge in [0.05, 0.1) is 0 Å². The molecule has 0 spiro atoms. The van der Waals surface area contributed by atoms with Crippen LogP contribution in [0.25, 0.3) is 6.20 Å². The fourth-order valence-electron chi connectivity index (χ4n) is 2.46. The molecule has 0 atom stereocenters. The van der Waals surface area contributed by atoms with Gasteiger partial charge in [0, 0.05) is 12.6 Å². The highest BCUT2D eigenvalue weighted by Crippen LogP contribution is 2.33. The predicted molar refractivity (Wildman–Crippen MR) is 85.9 cm³/mol. The van der Waals surface area contributed by atoms with Crippen LogP contribution in [0.5, 0.6) is 0 Å². The molecule has 1 N–H and O–H groups in total. The highest BCUT2D eigenvalue weighted by Gasteiger charge is 2.29. The van der Waals surface area contributed by atoms with E-state index in [-0.39, 0.29) is 0 Å². The lowest BCUT2D eigenvalue weighted by Crippen LogP contribution is -2.26. The second-order valence-electron chi connectivity index (χ2n) is 5.06. The van der Waals surface area contributed by atoms with Crippen molar-refractivity contribution in [3.8, 4) is 0 Å². The fourth-order valence-corrected chi connectivity index (χ4v) is 2.46. The molecular weight excluding hydrogens is 274 g/mol. The lowest BCUT2D eigenvalue weighted by Gasteiger charge is -2.28. The van der Waals surface area contributed by atoms with Crippen LogP contribution in [0, 0.1) is 0 Å². The predicted octanol–water partition coefficient (Wildman–Crippen LogP) is 3.08. The Balaban J connectivity index is 1.93. The molecule has 0 aliphatic carbocycles. The molecule has 0 radical (unpaired) electrons. The number of benzene rings is 2. The zero-order chi connectivity index (χ0) is 15.3. The van der Waals surface area contributed by atoms with E-state index in [1.807, 2.05) is 66.7 Å². The summed E-state index contributed by atoms with van der Waals surface area (Å²) in [6.45, 7) is 0. The van der Waals surface area contributed by atoms with Crippen LogP contribution in [0.3, 0.4) is 0 Å². The van der Waals surface area contributed by atoms with Gasteiger partial charge in [-0.3, -0.25) is 0 Å². The SMILES string of the molecule is OC(C/C=C\n1cncn1)(c1ccccc1)c1ccccc1. The number of aromatic nitrogens is 3. The molecule has 0 amide bonds. The van der Waals surface area contributed by atoms with E-state index >= 15 is 0 Å². The summed E-state index contributed by atoms with van der Waals surface area (Å²) in [4.78, 5) is 3.89. The maximum atomic E-state index is 11.3. The maximum absolute atomic E-state index is 11.3. The molecule has 0 fully saturated rings. The van der Waals surface area contributed by atoms with Crippen LogP contribution in [0.15, 0.2) is 79.4 Å². The number of hydrogen-bond acceptors (Lipinski definition) is 3. The molecule has 1 heterocycles. The summed E-state index contributed by atoms with van der Waals surface area (Å²) >= 11 is 0. The molecule has 4 heteroatoms. The van der Waals surface area contributed by atoms with E-state index < -0.39 is 5.60 Å². The third kappa shape index (κ3) is 2.97. The monoisotopic (exact) mass is 291 g/mol. The molecule has 1 aromatic heterocycles. The van der Waals surface area contributed by atoms with Gasteiger partial charge in [0.1, 0.15) is 18.3 Å². The zero-order valence-corrected chi connectivity index (χ0v) is 12.1. The van der Waals surface area contributed by atoms with Gasteiger partial charge in [0.2, 0.25) is 0 Å². The van der Waals surface area contributed by atoms with Gasteiger partial charge in [-0.15, -0.1) is 0 Å². The van der Waals surface area contributed by atoms with Crippen LogP contribution in [0.1, 0.15) is 17.5 Å². The summed E-state index contributed by atoms with van der Waals surface area (Å²) in [5, 5.41) is 15.3. The van der Waals surface area contributed by atoms with Crippen LogP contribution < -0.4 is 0 Å². The second-order valence-corrected chi connectivity index (χ2v) is 5.06. The highest BCUT2D eigenvalue weighted by molar-refractivity contribution is 5.37. The van der Waals surface area contributed by atoms with E-state index in [9.17, 15) is 5.11 Å². The normalized spacial score (nSPS) is 11.9. The van der Waals surface area contributed by atoms with E-state index in [4.69, 9.17) is 0 Å². The number of aliphatic hydroxyl groups is 1. The molecule has 0 aliphatic heterocycles. The van der Waals surface area contributed by atoms with Gasteiger partial charge in [-0.1, -0.05) is 66.7 Å². The Labute approximate surface area is 129 Å². The summed E-state index contributed by atoms with van der Waals surface area (Å²) in [6, 6.07) is 19.4. The van der Waals surface area contributed by atoms with Crippen LogP contribution in [0.2, 0.25) is 0 Å². The summed E-state index contributed by atoms with van der Waals surface area (Å²) < 4.78 is 1.61. The molecule has 4 nitrogen and oxygen atoms in total. The van der Waals surface area contributed by atoms with Gasteiger partial charge in [0.15, 0.2) is 0 Å². The highest BCUT2D eigenvalue weighted by atomic mass is 16.3. The Morgan fingerprint density at radius 1 is 0.955 bits per heavy atom. The number of hydrogen-bond donors (Lipinski definition) is 1. The Kier molecular flexibility index (Phi) is 4.12. The molecule has 0 aliphatic rings. The van der Waals surface area contributed by atoms with Gasteiger partial charge < -0.3 is 5.11 Å². The maximum Gasteiger partial charge on any atom is 0.138 e. The van der Waals surface area contributed by atoms with E-state index in [1.54, 1.807) is 17.2 Å². The van der Waals surface area contributed by atoms with E-state index in [0.717, 1.165) is 11.1 Å². The first-order valence-corrected chi connectivity index (χ1v) is 7.13. The minimum Gasteiger partial charge on any atom is -0.380 e. The lowest BCUT2D eigenvalue weighted by atomic mass is 9.83. The molecule has 3 aromatic rings. The van der Waals surface area contributed by atoms with Gasteiger partial charge >= 0.3 is 0 Å². The first-order chi connectivity index (χ1) is 10.8. The van der Waals surface area contributed by atoms with Gasteiger partial charge in [-0.25, -0.2) is 9.67 Å². The van der Waals surface area contributed by atoms with E-state index in [2.05, 4.69) is 10.1 Å². The molecule has 3 rings (SSSR count). The fraction of sp³-hybridized carbons (Fsp3) is 0.111. The van der Waals surface area contributed by atoms with Crippen molar-refractivity contribution < 1.29 is 5.11 Å². The molecule has 22 heavy (non-hydrogen) atoms. The minimum atomic E-state index is -1.07. The second kappa shape index (κ2) is 6.37. The van der Waals surface area contributed by atoms with E-state index in [0.29, 0.717) is 6.42 Å². The zero-order valence-electron chi connectivity index (χ0n) is 12.1. The Morgan fingerprint density at radius 2 is 1.55 bits per heavy atom. The standard InChI is InChI=1S/C18H17N3O/c22-18(16-8-3-1-4-9-16,17-10-5-2-6-11-17)12-7-13-21-15-19-14-20-21/h1-11,13-15,22H,12H2/b13-7-. The van der Waals surface area contributed by atoms with Crippen molar-refractivity contribution in [2.24, 2.45) is 0 Å². The molecule has 0 saturated heterocycles. The van der Waals surface area contributed by atoms with Crippen molar-refractivity contribution in [2.75, 3.05) is 0 Å². The quantitative estimate of drug-likeness (QED) is 0.786. The molecule has 2 aromatic carbocycles. The Bertz CT molecular complexity index is 682. The molecular formula is C18H17N3O. The smallest absolute Gasteiger partial charge is 0.138 e. The van der Waals surface area contributed by atoms with Crippen molar-refractivity contribution in [3.63, 3.8) is 0 Å². The van der Waals surface area contributed by atoms with E-state index in [1.165, 1.54) is 6.33 Å². The van der Waals surface area contributed by atoms with Crippen molar-refractivity contribution in [3.05, 3.63) is 90.5 Å². The third-order valence-electron chi connectivity index (χ3n) is 3.61. The largest absolute Gasteiger partial charge is 0.380 e. The molecule has 0 bridgehead atoms. The lowest BCUT2D eigenvalue weighted by molar-refractivity contribution is 0.0842. The van der Waals surface area contributed by atoms with Crippen LogP contribution in [-0.2, 0) is 5.60 Å². The average molecular weight is 291 g/mol. The van der Waals surface area contributed by atoms with Crippen molar-refractivity contribution >= 4 is 6.20 Å². The summed E-state index contributed by atoms with van der Waals surface area (Å²) in [5.74, 6) is 0. The number of rotatable bonds is 5.